The number of carbonyl (C=O) groups excluding carboxylic acids is 1. The second-order valence-corrected chi connectivity index (χ2v) is 6.63. The molecule has 0 radical (unpaired) electrons. The van der Waals surface area contributed by atoms with Crippen molar-refractivity contribution in [2.24, 2.45) is 0 Å². The quantitative estimate of drug-likeness (QED) is 0.383. The number of hydrogen-bond acceptors (Lipinski definition) is 6. The van der Waals surface area contributed by atoms with Crippen LogP contribution in [0.15, 0.2) is 48.7 Å². The largest absolute Gasteiger partial charge is 0.479 e. The van der Waals surface area contributed by atoms with Gasteiger partial charge in [0.05, 0.1) is 23.8 Å². The van der Waals surface area contributed by atoms with E-state index in [0.717, 1.165) is 12.8 Å². The summed E-state index contributed by atoms with van der Waals surface area (Å²) in [7, 11) is 0. The molecule has 1 heterocycles. The predicted octanol–water partition coefficient (Wildman–Crippen LogP) is 5.19. The fourth-order valence-corrected chi connectivity index (χ4v) is 2.58. The van der Waals surface area contributed by atoms with E-state index in [4.69, 9.17) is 25.8 Å². The first-order chi connectivity index (χ1) is 13.5. The number of ether oxygens (including phenoxy) is 3. The molecule has 1 unspecified atom stereocenters. The number of halogens is 1. The monoisotopic (exact) mass is 400 g/mol. The Labute approximate surface area is 168 Å². The highest BCUT2D eigenvalue weighted by molar-refractivity contribution is 6.31. The van der Waals surface area contributed by atoms with Gasteiger partial charge in [0.15, 0.2) is 6.10 Å². The Morgan fingerprint density at radius 1 is 1.11 bits per heavy atom. The summed E-state index contributed by atoms with van der Waals surface area (Å²) in [5.41, 5.74) is 1.39. The molecule has 0 aliphatic rings. The summed E-state index contributed by atoms with van der Waals surface area (Å²) in [6, 6.07) is 12.2. The van der Waals surface area contributed by atoms with Gasteiger partial charge in [-0.1, -0.05) is 24.9 Å². The highest BCUT2D eigenvalue weighted by Crippen LogP contribution is 2.25. The molecule has 2 aromatic carbocycles. The molecule has 0 aliphatic carbocycles. The molecule has 3 rings (SSSR count). The normalized spacial score (nSPS) is 11.8. The van der Waals surface area contributed by atoms with E-state index in [-0.39, 0.29) is 5.97 Å². The van der Waals surface area contributed by atoms with Gasteiger partial charge in [-0.15, -0.1) is 0 Å². The minimum atomic E-state index is -0.679. The molecule has 0 bridgehead atoms. The number of hydrogen-bond donors (Lipinski definition) is 0. The molecular formula is C21H21ClN2O4. The zero-order valence-electron chi connectivity index (χ0n) is 15.7. The lowest BCUT2D eigenvalue weighted by atomic mass is 10.3. The Kier molecular flexibility index (Phi) is 6.66. The van der Waals surface area contributed by atoms with Crippen LogP contribution in [0.2, 0.25) is 5.02 Å². The van der Waals surface area contributed by atoms with E-state index >= 15 is 0 Å². The Morgan fingerprint density at radius 3 is 2.61 bits per heavy atom. The van der Waals surface area contributed by atoms with Crippen LogP contribution in [0.3, 0.4) is 0 Å². The smallest absolute Gasteiger partial charge is 0.347 e. The molecule has 6 nitrogen and oxygen atoms in total. The number of aromatic nitrogens is 2. The lowest BCUT2D eigenvalue weighted by molar-refractivity contribution is -0.151. The Morgan fingerprint density at radius 2 is 1.86 bits per heavy atom. The number of benzene rings is 2. The second-order valence-electron chi connectivity index (χ2n) is 6.20. The molecule has 0 spiro atoms. The van der Waals surface area contributed by atoms with Crippen LogP contribution in [0, 0.1) is 0 Å². The fraction of sp³-hybridized carbons (Fsp3) is 0.286. The summed E-state index contributed by atoms with van der Waals surface area (Å²) >= 11 is 5.95. The average molecular weight is 401 g/mol. The number of fused-ring (bicyclic) bond motifs is 1. The first-order valence-electron chi connectivity index (χ1n) is 9.08. The average Bonchev–Trinajstić information content (AvgIpc) is 2.69. The van der Waals surface area contributed by atoms with Gasteiger partial charge in [0.2, 0.25) is 5.88 Å². The van der Waals surface area contributed by atoms with Gasteiger partial charge in [0, 0.05) is 5.02 Å². The van der Waals surface area contributed by atoms with Gasteiger partial charge in [-0.3, -0.25) is 0 Å². The van der Waals surface area contributed by atoms with E-state index in [1.807, 2.05) is 6.92 Å². The molecule has 0 saturated heterocycles. The molecule has 0 fully saturated rings. The van der Waals surface area contributed by atoms with Gasteiger partial charge in [0.25, 0.3) is 0 Å². The van der Waals surface area contributed by atoms with Crippen molar-refractivity contribution in [2.45, 2.75) is 32.8 Å². The fourth-order valence-electron chi connectivity index (χ4n) is 2.41. The lowest BCUT2D eigenvalue weighted by Crippen LogP contribution is -2.26. The number of esters is 1. The maximum absolute atomic E-state index is 11.9. The summed E-state index contributed by atoms with van der Waals surface area (Å²) in [6.45, 7) is 4.11. The van der Waals surface area contributed by atoms with E-state index in [0.29, 0.717) is 40.0 Å². The SMILES string of the molecule is CCCCOC(=O)C(C)Oc1ccc(Oc2cnc3cc(Cl)ccc3n2)cc1. The van der Waals surface area contributed by atoms with Crippen LogP contribution >= 0.6 is 11.6 Å². The van der Waals surface area contributed by atoms with Gasteiger partial charge >= 0.3 is 5.97 Å². The van der Waals surface area contributed by atoms with E-state index in [1.54, 1.807) is 49.4 Å². The van der Waals surface area contributed by atoms with Crippen molar-refractivity contribution in [3.8, 4) is 17.4 Å². The molecule has 146 valence electrons. The zero-order valence-corrected chi connectivity index (χ0v) is 16.5. The van der Waals surface area contributed by atoms with Gasteiger partial charge in [-0.05, 0) is 55.8 Å². The molecule has 0 N–H and O–H groups in total. The molecular weight excluding hydrogens is 380 g/mol. The third-order valence-corrected chi connectivity index (χ3v) is 4.15. The van der Waals surface area contributed by atoms with Crippen LogP contribution in [-0.4, -0.2) is 28.6 Å². The van der Waals surface area contributed by atoms with Crippen molar-refractivity contribution < 1.29 is 19.0 Å². The van der Waals surface area contributed by atoms with Crippen molar-refractivity contribution in [1.29, 1.82) is 0 Å². The van der Waals surface area contributed by atoms with Crippen LogP contribution in [0.5, 0.6) is 17.4 Å². The van der Waals surface area contributed by atoms with Gasteiger partial charge in [0.1, 0.15) is 11.5 Å². The number of nitrogens with zero attached hydrogens (tertiary/aromatic N) is 2. The Bertz CT molecular complexity index is 947. The molecule has 0 amide bonds. The van der Waals surface area contributed by atoms with Gasteiger partial charge < -0.3 is 14.2 Å². The molecule has 0 aliphatic heterocycles. The minimum Gasteiger partial charge on any atom is -0.479 e. The van der Waals surface area contributed by atoms with Crippen molar-refractivity contribution in [3.05, 3.63) is 53.7 Å². The number of unbranched alkanes of at least 4 members (excludes halogenated alkanes) is 1. The predicted molar refractivity (Wildman–Crippen MR) is 107 cm³/mol. The third kappa shape index (κ3) is 5.33. The maximum Gasteiger partial charge on any atom is 0.347 e. The first kappa shape index (κ1) is 19.9. The van der Waals surface area contributed by atoms with Crippen LogP contribution in [-0.2, 0) is 9.53 Å². The minimum absolute atomic E-state index is 0.372. The Hall–Kier alpha value is -2.86. The van der Waals surface area contributed by atoms with Gasteiger partial charge in [-0.25, -0.2) is 14.8 Å². The lowest BCUT2D eigenvalue weighted by Gasteiger charge is -2.14. The molecule has 0 saturated carbocycles. The highest BCUT2D eigenvalue weighted by Gasteiger charge is 2.16. The van der Waals surface area contributed by atoms with Crippen LogP contribution in [0.1, 0.15) is 26.7 Å². The van der Waals surface area contributed by atoms with E-state index in [1.165, 1.54) is 6.20 Å². The van der Waals surface area contributed by atoms with Gasteiger partial charge in [-0.2, -0.15) is 0 Å². The molecule has 1 atom stereocenters. The van der Waals surface area contributed by atoms with Crippen LogP contribution < -0.4 is 9.47 Å². The summed E-state index contributed by atoms with van der Waals surface area (Å²) in [4.78, 5) is 20.6. The van der Waals surface area contributed by atoms with Crippen molar-refractivity contribution >= 4 is 28.6 Å². The van der Waals surface area contributed by atoms with Crippen molar-refractivity contribution in [1.82, 2.24) is 9.97 Å². The van der Waals surface area contributed by atoms with E-state index in [9.17, 15) is 4.79 Å². The van der Waals surface area contributed by atoms with E-state index in [2.05, 4.69) is 9.97 Å². The topological polar surface area (TPSA) is 70.5 Å². The number of rotatable bonds is 8. The number of carbonyl (C=O) groups is 1. The molecule has 7 heteroatoms. The summed E-state index contributed by atoms with van der Waals surface area (Å²) < 4.78 is 16.5. The summed E-state index contributed by atoms with van der Waals surface area (Å²) in [5.74, 6) is 1.12. The third-order valence-electron chi connectivity index (χ3n) is 3.92. The molecule has 28 heavy (non-hydrogen) atoms. The van der Waals surface area contributed by atoms with Crippen LogP contribution in [0.25, 0.3) is 11.0 Å². The highest BCUT2D eigenvalue weighted by atomic mass is 35.5. The van der Waals surface area contributed by atoms with Crippen molar-refractivity contribution in [2.75, 3.05) is 6.61 Å². The maximum atomic E-state index is 11.9. The first-order valence-corrected chi connectivity index (χ1v) is 9.46. The summed E-state index contributed by atoms with van der Waals surface area (Å²) in [5, 5.41) is 0.606. The summed E-state index contributed by atoms with van der Waals surface area (Å²) in [6.07, 6.45) is 2.67. The molecule has 1 aromatic heterocycles. The van der Waals surface area contributed by atoms with E-state index < -0.39 is 6.10 Å². The standard InChI is InChI=1S/C21H21ClN2O4/c1-3-4-11-26-21(25)14(2)27-16-6-8-17(9-7-16)28-20-13-23-19-12-15(22)5-10-18(19)24-20/h5-10,12-14H,3-4,11H2,1-2H3. The second kappa shape index (κ2) is 9.37. The zero-order chi connectivity index (χ0) is 19.9. The van der Waals surface area contributed by atoms with Crippen molar-refractivity contribution in [3.63, 3.8) is 0 Å². The Balaban J connectivity index is 1.59. The van der Waals surface area contributed by atoms with Crippen LogP contribution in [0.4, 0.5) is 0 Å². The molecule has 3 aromatic rings.